The zero-order valence-corrected chi connectivity index (χ0v) is 13.5. The number of fused-ring (bicyclic) bond motifs is 1. The second kappa shape index (κ2) is 7.28. The van der Waals surface area contributed by atoms with Crippen molar-refractivity contribution in [3.8, 4) is 0 Å². The van der Waals surface area contributed by atoms with E-state index in [0.29, 0.717) is 18.1 Å². The Kier molecular flexibility index (Phi) is 5.40. The van der Waals surface area contributed by atoms with Crippen LogP contribution in [0, 0.1) is 0 Å². The Morgan fingerprint density at radius 2 is 2.18 bits per heavy atom. The highest BCUT2D eigenvalue weighted by molar-refractivity contribution is 6.30. The molecule has 3 heteroatoms. The normalized spacial score (nSPS) is 17.7. The molecular formula is C19H20ClNO. The smallest absolute Gasteiger partial charge is 0.246 e. The molecule has 0 aliphatic carbocycles. The predicted molar refractivity (Wildman–Crippen MR) is 92.9 cm³/mol. The molecule has 0 unspecified atom stereocenters. The molecule has 0 bridgehead atoms. The molecule has 0 saturated heterocycles. The number of rotatable bonds is 4. The quantitative estimate of drug-likeness (QED) is 0.586. The molecule has 1 aromatic carbocycles. The van der Waals surface area contributed by atoms with Gasteiger partial charge < -0.3 is 4.90 Å². The van der Waals surface area contributed by atoms with Crippen LogP contribution < -0.4 is 0 Å². The van der Waals surface area contributed by atoms with E-state index >= 15 is 0 Å². The number of hydrogen-bond donors (Lipinski definition) is 0. The van der Waals surface area contributed by atoms with Crippen molar-refractivity contribution in [1.82, 2.24) is 4.90 Å². The van der Waals surface area contributed by atoms with E-state index in [4.69, 9.17) is 11.6 Å². The summed E-state index contributed by atoms with van der Waals surface area (Å²) in [7, 11) is 0. The van der Waals surface area contributed by atoms with Gasteiger partial charge in [0.05, 0.1) is 0 Å². The van der Waals surface area contributed by atoms with Crippen LogP contribution in [0.5, 0.6) is 0 Å². The number of nitrogens with zero attached hydrogens (tertiary/aromatic N) is 1. The third kappa shape index (κ3) is 3.58. The Morgan fingerprint density at radius 1 is 1.41 bits per heavy atom. The van der Waals surface area contributed by atoms with Crippen molar-refractivity contribution >= 4 is 17.5 Å². The minimum atomic E-state index is -0.0594. The third-order valence-electron chi connectivity index (χ3n) is 3.80. The zero-order valence-electron chi connectivity index (χ0n) is 12.8. The van der Waals surface area contributed by atoms with Crippen LogP contribution in [0.4, 0.5) is 0 Å². The van der Waals surface area contributed by atoms with Gasteiger partial charge in [-0.05, 0) is 41.8 Å². The Hall–Kier alpha value is -2.06. The van der Waals surface area contributed by atoms with Crippen molar-refractivity contribution < 1.29 is 4.79 Å². The molecule has 1 aliphatic rings. The van der Waals surface area contributed by atoms with Gasteiger partial charge in [0.2, 0.25) is 5.91 Å². The molecular weight excluding hydrogens is 294 g/mol. The molecule has 1 atom stereocenters. The first-order chi connectivity index (χ1) is 10.6. The second-order valence-corrected chi connectivity index (χ2v) is 5.71. The molecule has 0 spiro atoms. The first kappa shape index (κ1) is 16.3. The number of carbonyl (C=O) groups is 1. The van der Waals surface area contributed by atoms with Gasteiger partial charge in [0, 0.05) is 24.0 Å². The Bertz CT molecular complexity index is 657. The minimum absolute atomic E-state index is 0.0489. The van der Waals surface area contributed by atoms with Gasteiger partial charge in [0.25, 0.3) is 0 Å². The van der Waals surface area contributed by atoms with Crippen molar-refractivity contribution in [2.75, 3.05) is 6.54 Å². The molecule has 0 N–H and O–H groups in total. The number of allylic oxidation sites excluding steroid dienone is 4. The van der Waals surface area contributed by atoms with Gasteiger partial charge >= 0.3 is 0 Å². The highest BCUT2D eigenvalue weighted by Gasteiger charge is 2.28. The van der Waals surface area contributed by atoms with Crippen LogP contribution in [0.15, 0.2) is 67.3 Å². The van der Waals surface area contributed by atoms with Gasteiger partial charge in [-0.2, -0.15) is 0 Å². The number of benzene rings is 1. The summed E-state index contributed by atoms with van der Waals surface area (Å²) in [5, 5.41) is 0.706. The van der Waals surface area contributed by atoms with Crippen LogP contribution in [0.1, 0.15) is 24.0 Å². The molecule has 1 amide bonds. The molecule has 0 radical (unpaired) electrons. The highest BCUT2D eigenvalue weighted by atomic mass is 35.5. The van der Waals surface area contributed by atoms with Crippen LogP contribution in [-0.4, -0.2) is 17.4 Å². The van der Waals surface area contributed by atoms with Gasteiger partial charge in [-0.1, -0.05) is 55.1 Å². The number of hydrogen-bond acceptors (Lipinski definition) is 1. The van der Waals surface area contributed by atoms with E-state index in [0.717, 1.165) is 16.7 Å². The fraction of sp³-hybridized carbons (Fsp3) is 0.211. The summed E-state index contributed by atoms with van der Waals surface area (Å²) in [6, 6.07) is 5.82. The molecule has 1 aromatic rings. The fourth-order valence-corrected chi connectivity index (χ4v) is 2.82. The summed E-state index contributed by atoms with van der Waals surface area (Å²) in [5.41, 5.74) is 3.22. The number of halogens is 1. The van der Waals surface area contributed by atoms with Gasteiger partial charge in [0.1, 0.15) is 0 Å². The maximum Gasteiger partial charge on any atom is 0.246 e. The van der Waals surface area contributed by atoms with Crippen molar-refractivity contribution in [3.05, 3.63) is 83.5 Å². The van der Waals surface area contributed by atoms with Crippen LogP contribution >= 0.6 is 11.6 Å². The first-order valence-electron chi connectivity index (χ1n) is 7.24. The Labute approximate surface area is 137 Å². The molecule has 114 valence electrons. The zero-order chi connectivity index (χ0) is 16.1. The number of amides is 1. The lowest BCUT2D eigenvalue weighted by Gasteiger charge is -2.34. The first-order valence-corrected chi connectivity index (χ1v) is 7.62. The second-order valence-electron chi connectivity index (χ2n) is 5.28. The van der Waals surface area contributed by atoms with Gasteiger partial charge in [-0.15, -0.1) is 0 Å². The predicted octanol–water partition coefficient (Wildman–Crippen LogP) is 4.64. The van der Waals surface area contributed by atoms with Crippen molar-refractivity contribution in [2.45, 2.75) is 19.4 Å². The van der Waals surface area contributed by atoms with E-state index in [2.05, 4.69) is 13.2 Å². The lowest BCUT2D eigenvalue weighted by Crippen LogP contribution is -2.37. The van der Waals surface area contributed by atoms with E-state index in [1.165, 1.54) is 6.08 Å². The van der Waals surface area contributed by atoms with Crippen molar-refractivity contribution in [3.63, 3.8) is 0 Å². The van der Waals surface area contributed by atoms with Crippen LogP contribution in [-0.2, 0) is 11.3 Å². The fourth-order valence-electron chi connectivity index (χ4n) is 2.64. The molecule has 0 saturated carbocycles. The Balaban J connectivity index is 2.38. The van der Waals surface area contributed by atoms with E-state index in [9.17, 15) is 4.79 Å². The summed E-state index contributed by atoms with van der Waals surface area (Å²) in [5.74, 6) is -0.0105. The van der Waals surface area contributed by atoms with Gasteiger partial charge in [0.15, 0.2) is 0 Å². The largest absolute Gasteiger partial charge is 0.334 e. The summed E-state index contributed by atoms with van der Waals surface area (Å²) < 4.78 is 0. The third-order valence-corrected chi connectivity index (χ3v) is 4.03. The molecule has 0 aromatic heterocycles. The summed E-state index contributed by atoms with van der Waals surface area (Å²) in [6.07, 6.45) is 9.22. The highest BCUT2D eigenvalue weighted by Crippen LogP contribution is 2.35. The summed E-state index contributed by atoms with van der Waals surface area (Å²) in [6.45, 7) is 10.9. The van der Waals surface area contributed by atoms with Gasteiger partial charge in [-0.25, -0.2) is 0 Å². The lowest BCUT2D eigenvalue weighted by atomic mass is 9.84. The van der Waals surface area contributed by atoms with E-state index < -0.39 is 0 Å². The average Bonchev–Trinajstić information content (AvgIpc) is 2.53. The molecule has 1 aliphatic heterocycles. The van der Waals surface area contributed by atoms with Crippen LogP contribution in [0.2, 0.25) is 5.02 Å². The SMILES string of the molecule is C=CC(=O)N1Cc2ccc(Cl)cc2[C@@H](C(=C)/C=C\C=C/C)C1. The van der Waals surface area contributed by atoms with Crippen LogP contribution in [0.25, 0.3) is 0 Å². The number of carbonyl (C=O) groups excluding carboxylic acids is 1. The molecule has 2 rings (SSSR count). The van der Waals surface area contributed by atoms with Crippen molar-refractivity contribution in [1.29, 1.82) is 0 Å². The topological polar surface area (TPSA) is 20.3 Å². The maximum atomic E-state index is 12.0. The van der Waals surface area contributed by atoms with Crippen LogP contribution in [0.3, 0.4) is 0 Å². The maximum absolute atomic E-state index is 12.0. The molecule has 1 heterocycles. The Morgan fingerprint density at radius 3 is 2.86 bits per heavy atom. The van der Waals surface area contributed by atoms with E-state index in [1.807, 2.05) is 49.4 Å². The lowest BCUT2D eigenvalue weighted by molar-refractivity contribution is -0.127. The molecule has 2 nitrogen and oxygen atoms in total. The summed E-state index contributed by atoms with van der Waals surface area (Å²) >= 11 is 6.14. The summed E-state index contributed by atoms with van der Waals surface area (Å²) in [4.78, 5) is 13.8. The van der Waals surface area contributed by atoms with Gasteiger partial charge in [-0.3, -0.25) is 4.79 Å². The molecule has 22 heavy (non-hydrogen) atoms. The standard InChI is InChI=1S/C19H20ClNO/c1-4-6-7-8-14(3)18-13-21(19(22)5-2)12-15-9-10-16(20)11-17(15)18/h4-11,18H,2-3,12-13H2,1H3/b6-4-,8-7-/t18-/m1/s1. The van der Waals surface area contributed by atoms with E-state index in [1.54, 1.807) is 4.90 Å². The molecule has 0 fully saturated rings. The minimum Gasteiger partial charge on any atom is -0.334 e. The van der Waals surface area contributed by atoms with Crippen molar-refractivity contribution in [2.24, 2.45) is 0 Å². The average molecular weight is 314 g/mol. The van der Waals surface area contributed by atoms with E-state index in [-0.39, 0.29) is 11.8 Å². The monoisotopic (exact) mass is 313 g/mol.